The lowest BCUT2D eigenvalue weighted by Crippen LogP contribution is -2.33. The fourth-order valence-electron chi connectivity index (χ4n) is 2.40. The van der Waals surface area contributed by atoms with Crippen LogP contribution in [-0.4, -0.2) is 29.8 Å². The van der Waals surface area contributed by atoms with Crippen molar-refractivity contribution in [3.05, 3.63) is 64.9 Å². The number of hydrogen-bond donors (Lipinski definition) is 1. The van der Waals surface area contributed by atoms with Gasteiger partial charge in [0.25, 0.3) is 0 Å². The van der Waals surface area contributed by atoms with Crippen LogP contribution in [-0.2, 0) is 16.0 Å². The van der Waals surface area contributed by atoms with Crippen LogP contribution in [0.2, 0.25) is 5.02 Å². The zero-order valence-electron chi connectivity index (χ0n) is 14.0. The van der Waals surface area contributed by atoms with E-state index >= 15 is 0 Å². The minimum Gasteiger partial charge on any atom is -0.342 e. The van der Waals surface area contributed by atoms with Crippen LogP contribution in [0.25, 0.3) is 0 Å². The van der Waals surface area contributed by atoms with Crippen molar-refractivity contribution in [1.29, 1.82) is 0 Å². The molecule has 4 nitrogen and oxygen atoms in total. The predicted molar refractivity (Wildman–Crippen MR) is 97.1 cm³/mol. The molecule has 0 aliphatic carbocycles. The van der Waals surface area contributed by atoms with E-state index in [1.54, 1.807) is 47.4 Å². The molecule has 0 bridgehead atoms. The van der Waals surface area contributed by atoms with E-state index < -0.39 is 0 Å². The topological polar surface area (TPSA) is 49.4 Å². The van der Waals surface area contributed by atoms with Gasteiger partial charge in [-0.1, -0.05) is 41.9 Å². The van der Waals surface area contributed by atoms with Gasteiger partial charge in [-0.05, 0) is 30.2 Å². The van der Waals surface area contributed by atoms with Crippen LogP contribution >= 0.6 is 11.6 Å². The fourth-order valence-corrected chi connectivity index (χ4v) is 2.58. The second-order valence-corrected chi connectivity index (χ2v) is 6.03. The third-order valence-corrected chi connectivity index (χ3v) is 4.14. The average Bonchev–Trinajstić information content (AvgIpc) is 2.58. The van der Waals surface area contributed by atoms with Crippen LogP contribution in [0.4, 0.5) is 10.1 Å². The summed E-state index contributed by atoms with van der Waals surface area (Å²) in [7, 11) is 0. The van der Waals surface area contributed by atoms with Gasteiger partial charge in [0.05, 0.1) is 10.7 Å². The van der Waals surface area contributed by atoms with Crippen molar-refractivity contribution in [3.63, 3.8) is 0 Å². The molecule has 0 aliphatic rings. The smallest absolute Gasteiger partial charge is 0.226 e. The number of para-hydroxylation sites is 1. The highest BCUT2D eigenvalue weighted by Gasteiger charge is 2.13. The molecule has 0 unspecified atom stereocenters. The van der Waals surface area contributed by atoms with Gasteiger partial charge in [-0.25, -0.2) is 4.39 Å². The van der Waals surface area contributed by atoms with Gasteiger partial charge in [-0.3, -0.25) is 9.59 Å². The van der Waals surface area contributed by atoms with E-state index in [1.807, 2.05) is 0 Å². The van der Waals surface area contributed by atoms with E-state index in [-0.39, 0.29) is 30.6 Å². The molecule has 0 fully saturated rings. The summed E-state index contributed by atoms with van der Waals surface area (Å²) in [6.45, 7) is 2.06. The molecule has 0 saturated heterocycles. The Morgan fingerprint density at radius 3 is 2.44 bits per heavy atom. The highest BCUT2D eigenvalue weighted by atomic mass is 35.5. The number of halogens is 2. The maximum Gasteiger partial charge on any atom is 0.226 e. The Kier molecular flexibility index (Phi) is 6.95. The lowest BCUT2D eigenvalue weighted by Gasteiger charge is -2.21. The normalized spacial score (nSPS) is 10.4. The van der Waals surface area contributed by atoms with Crippen LogP contribution in [0.15, 0.2) is 48.5 Å². The van der Waals surface area contributed by atoms with E-state index in [1.165, 1.54) is 13.0 Å². The molecule has 2 rings (SSSR count). The molecule has 0 saturated carbocycles. The molecular formula is C19H20ClFN2O2. The molecule has 0 aliphatic heterocycles. The molecule has 2 aromatic carbocycles. The summed E-state index contributed by atoms with van der Waals surface area (Å²) in [5.41, 5.74) is 1.09. The Balaban J connectivity index is 1.87. The zero-order valence-corrected chi connectivity index (χ0v) is 14.7. The molecule has 2 amide bonds. The van der Waals surface area contributed by atoms with E-state index in [2.05, 4.69) is 5.32 Å². The summed E-state index contributed by atoms with van der Waals surface area (Å²) in [5.74, 6) is -0.672. The third kappa shape index (κ3) is 5.87. The molecule has 0 aromatic heterocycles. The number of benzene rings is 2. The zero-order chi connectivity index (χ0) is 18.2. The Bertz CT molecular complexity index is 752. The second kappa shape index (κ2) is 9.18. The average molecular weight is 363 g/mol. The molecule has 132 valence electrons. The Hall–Kier alpha value is -2.40. The SMILES string of the molecule is CC(=O)N(CCC(=O)Nc1ccccc1Cl)CCc1ccccc1F. The van der Waals surface area contributed by atoms with E-state index in [9.17, 15) is 14.0 Å². The molecule has 25 heavy (non-hydrogen) atoms. The van der Waals surface area contributed by atoms with Gasteiger partial charge < -0.3 is 10.2 Å². The minimum absolute atomic E-state index is 0.141. The molecule has 1 N–H and O–H groups in total. The summed E-state index contributed by atoms with van der Waals surface area (Å²) in [6.07, 6.45) is 0.542. The van der Waals surface area contributed by atoms with Gasteiger partial charge >= 0.3 is 0 Å². The lowest BCUT2D eigenvalue weighted by molar-refractivity contribution is -0.129. The third-order valence-electron chi connectivity index (χ3n) is 3.81. The van der Waals surface area contributed by atoms with Gasteiger partial charge in [0.15, 0.2) is 0 Å². The summed E-state index contributed by atoms with van der Waals surface area (Å²) < 4.78 is 13.7. The first-order chi connectivity index (χ1) is 12.0. The van der Waals surface area contributed by atoms with E-state index in [4.69, 9.17) is 11.6 Å². The van der Waals surface area contributed by atoms with Gasteiger partial charge in [-0.2, -0.15) is 0 Å². The predicted octanol–water partition coefficient (Wildman–Crippen LogP) is 3.90. The summed E-state index contributed by atoms with van der Waals surface area (Å²) in [6, 6.07) is 13.4. The summed E-state index contributed by atoms with van der Waals surface area (Å²) in [5, 5.41) is 3.18. The largest absolute Gasteiger partial charge is 0.342 e. The van der Waals surface area contributed by atoms with Gasteiger partial charge in [-0.15, -0.1) is 0 Å². The Morgan fingerprint density at radius 2 is 1.76 bits per heavy atom. The van der Waals surface area contributed by atoms with Crippen molar-refractivity contribution in [2.45, 2.75) is 19.8 Å². The number of anilines is 1. The molecule has 0 spiro atoms. The standard InChI is InChI=1S/C19H20ClFN2O2/c1-14(24)23(12-10-15-6-2-4-8-17(15)21)13-11-19(25)22-18-9-5-3-7-16(18)20/h2-9H,10-13H2,1H3,(H,22,25). The molecule has 0 atom stereocenters. The Morgan fingerprint density at radius 1 is 1.08 bits per heavy atom. The van der Waals surface area contributed by atoms with Crippen LogP contribution in [0.1, 0.15) is 18.9 Å². The highest BCUT2D eigenvalue weighted by Crippen LogP contribution is 2.20. The van der Waals surface area contributed by atoms with Gasteiger partial charge in [0, 0.05) is 26.4 Å². The number of nitrogens with zero attached hydrogens (tertiary/aromatic N) is 1. The summed E-state index contributed by atoms with van der Waals surface area (Å²) in [4.78, 5) is 25.3. The van der Waals surface area contributed by atoms with Crippen molar-refractivity contribution >= 4 is 29.1 Å². The maximum atomic E-state index is 13.7. The van der Waals surface area contributed by atoms with Crippen LogP contribution < -0.4 is 5.32 Å². The van der Waals surface area contributed by atoms with Crippen molar-refractivity contribution in [1.82, 2.24) is 4.90 Å². The van der Waals surface area contributed by atoms with Crippen molar-refractivity contribution in [3.8, 4) is 0 Å². The number of amides is 2. The maximum absolute atomic E-state index is 13.7. The number of carbonyl (C=O) groups excluding carboxylic acids is 2. The Labute approximate surface area is 151 Å². The quantitative estimate of drug-likeness (QED) is 0.812. The highest BCUT2D eigenvalue weighted by molar-refractivity contribution is 6.33. The van der Waals surface area contributed by atoms with E-state index in [0.29, 0.717) is 29.2 Å². The van der Waals surface area contributed by atoms with Gasteiger partial charge in [0.2, 0.25) is 11.8 Å². The number of carbonyl (C=O) groups is 2. The molecule has 0 radical (unpaired) electrons. The van der Waals surface area contributed by atoms with E-state index in [0.717, 1.165) is 0 Å². The van der Waals surface area contributed by atoms with Crippen LogP contribution in [0.3, 0.4) is 0 Å². The van der Waals surface area contributed by atoms with Gasteiger partial charge in [0.1, 0.15) is 5.82 Å². The molecule has 2 aromatic rings. The van der Waals surface area contributed by atoms with Crippen molar-refractivity contribution < 1.29 is 14.0 Å². The number of nitrogens with one attached hydrogen (secondary N) is 1. The van der Waals surface area contributed by atoms with Crippen LogP contribution in [0.5, 0.6) is 0 Å². The first-order valence-electron chi connectivity index (χ1n) is 8.00. The lowest BCUT2D eigenvalue weighted by atomic mass is 10.1. The fraction of sp³-hybridized carbons (Fsp3) is 0.263. The first-order valence-corrected chi connectivity index (χ1v) is 8.38. The number of hydrogen-bond acceptors (Lipinski definition) is 2. The first kappa shape index (κ1) is 18.9. The molecular weight excluding hydrogens is 343 g/mol. The van der Waals surface area contributed by atoms with Crippen molar-refractivity contribution in [2.24, 2.45) is 0 Å². The number of rotatable bonds is 7. The van der Waals surface area contributed by atoms with Crippen molar-refractivity contribution in [2.75, 3.05) is 18.4 Å². The second-order valence-electron chi connectivity index (χ2n) is 5.63. The van der Waals surface area contributed by atoms with Crippen LogP contribution in [0, 0.1) is 5.82 Å². The summed E-state index contributed by atoms with van der Waals surface area (Å²) >= 11 is 6.00. The minimum atomic E-state index is -0.289. The molecule has 0 heterocycles. The monoisotopic (exact) mass is 362 g/mol. The molecule has 6 heteroatoms.